The van der Waals surface area contributed by atoms with Gasteiger partial charge in [-0.05, 0) is 18.2 Å². The number of rotatable bonds is 2. The number of hydrogen-bond donors (Lipinski definition) is 0. The van der Waals surface area contributed by atoms with E-state index in [4.69, 9.17) is 4.74 Å². The molecule has 1 aromatic carbocycles. The molecule has 0 bridgehead atoms. The monoisotopic (exact) mass is 336 g/mol. The molecule has 4 nitrogen and oxygen atoms in total. The van der Waals surface area contributed by atoms with Crippen molar-refractivity contribution >= 4 is 27.5 Å². The maximum atomic E-state index is 13.2. The molecule has 0 unspecified atom stereocenters. The molecule has 1 fully saturated rings. The number of benzene rings is 1. The lowest BCUT2D eigenvalue weighted by Crippen LogP contribution is -2.46. The van der Waals surface area contributed by atoms with Crippen LogP contribution in [0.2, 0.25) is 0 Å². The quantitative estimate of drug-likeness (QED) is 0.836. The Bertz CT molecular complexity index is 715. The summed E-state index contributed by atoms with van der Waals surface area (Å²) < 4.78 is 20.0. The Balaban J connectivity index is 1.61. The molecule has 0 saturated carbocycles. The van der Waals surface area contributed by atoms with Gasteiger partial charge in [0.25, 0.3) is 5.19 Å². The van der Waals surface area contributed by atoms with Crippen LogP contribution >= 0.6 is 11.3 Å². The van der Waals surface area contributed by atoms with Crippen LogP contribution in [0.5, 0.6) is 5.19 Å². The van der Waals surface area contributed by atoms with Gasteiger partial charge >= 0.3 is 0 Å². The smallest absolute Gasteiger partial charge is 0.274 e. The highest BCUT2D eigenvalue weighted by Gasteiger charge is 2.31. The van der Waals surface area contributed by atoms with Crippen LogP contribution in [0, 0.1) is 11.2 Å². The second-order valence-electron chi connectivity index (χ2n) is 6.95. The Kier molecular flexibility index (Phi) is 4.27. The molecule has 0 spiro atoms. The third kappa shape index (κ3) is 3.63. The third-order valence-corrected chi connectivity index (χ3v) is 4.88. The molecule has 23 heavy (non-hydrogen) atoms. The van der Waals surface area contributed by atoms with Crippen LogP contribution in [0.1, 0.15) is 33.6 Å². The van der Waals surface area contributed by atoms with Crippen molar-refractivity contribution in [2.75, 3.05) is 13.1 Å². The highest BCUT2D eigenvalue weighted by Crippen LogP contribution is 2.30. The van der Waals surface area contributed by atoms with Crippen LogP contribution in [-0.4, -0.2) is 35.0 Å². The maximum absolute atomic E-state index is 13.2. The third-order valence-electron chi connectivity index (χ3n) is 3.97. The summed E-state index contributed by atoms with van der Waals surface area (Å²) in [5.74, 6) is -0.0758. The van der Waals surface area contributed by atoms with Gasteiger partial charge in [-0.1, -0.05) is 32.1 Å². The van der Waals surface area contributed by atoms with Crippen molar-refractivity contribution in [3.05, 3.63) is 24.0 Å². The molecule has 6 heteroatoms. The van der Waals surface area contributed by atoms with Crippen LogP contribution < -0.4 is 4.74 Å². The number of ether oxygens (including phenoxy) is 1. The minimum absolute atomic E-state index is 0.0597. The Morgan fingerprint density at radius 3 is 2.70 bits per heavy atom. The second-order valence-corrected chi connectivity index (χ2v) is 7.94. The summed E-state index contributed by atoms with van der Waals surface area (Å²) in [6.07, 6.45) is 1.66. The summed E-state index contributed by atoms with van der Waals surface area (Å²) in [5, 5.41) is 0.575. The number of likely N-dealkylation sites (tertiary alicyclic amines) is 1. The maximum Gasteiger partial charge on any atom is 0.274 e. The van der Waals surface area contributed by atoms with Crippen LogP contribution in [0.25, 0.3) is 10.2 Å². The van der Waals surface area contributed by atoms with E-state index in [0.717, 1.165) is 23.1 Å². The summed E-state index contributed by atoms with van der Waals surface area (Å²) in [6, 6.07) is 4.55. The number of piperidine rings is 1. The lowest BCUT2D eigenvalue weighted by molar-refractivity contribution is -0.141. The zero-order chi connectivity index (χ0) is 16.6. The van der Waals surface area contributed by atoms with Crippen molar-refractivity contribution in [2.24, 2.45) is 5.41 Å². The predicted molar refractivity (Wildman–Crippen MR) is 89.3 cm³/mol. The van der Waals surface area contributed by atoms with Gasteiger partial charge in [-0.2, -0.15) is 0 Å². The number of hydrogen-bond acceptors (Lipinski definition) is 4. The van der Waals surface area contributed by atoms with Crippen molar-refractivity contribution in [3.63, 3.8) is 0 Å². The van der Waals surface area contributed by atoms with Gasteiger partial charge < -0.3 is 9.64 Å². The van der Waals surface area contributed by atoms with Crippen LogP contribution in [0.3, 0.4) is 0 Å². The molecule has 2 aromatic rings. The van der Waals surface area contributed by atoms with Crippen LogP contribution in [0.4, 0.5) is 4.39 Å². The van der Waals surface area contributed by atoms with E-state index in [9.17, 15) is 9.18 Å². The number of halogens is 1. The molecule has 0 radical (unpaired) electrons. The first-order chi connectivity index (χ1) is 10.8. The predicted octanol–water partition coefficient (Wildman–Crippen LogP) is 3.85. The molecular weight excluding hydrogens is 315 g/mol. The fourth-order valence-electron chi connectivity index (χ4n) is 2.72. The SMILES string of the molecule is CC(C)(C)C(=O)N1CCC(Oc2nc3ccc(F)cc3s2)CC1. The molecule has 124 valence electrons. The van der Waals surface area contributed by atoms with Crippen molar-refractivity contribution in [1.29, 1.82) is 0 Å². The van der Waals surface area contributed by atoms with E-state index in [2.05, 4.69) is 4.98 Å². The van der Waals surface area contributed by atoms with Gasteiger partial charge in [0.15, 0.2) is 0 Å². The van der Waals surface area contributed by atoms with Crippen molar-refractivity contribution in [3.8, 4) is 5.19 Å². The number of carbonyl (C=O) groups excluding carboxylic acids is 1. The molecule has 0 N–H and O–H groups in total. The molecule has 1 aliphatic heterocycles. The first kappa shape index (κ1) is 16.2. The fourth-order valence-corrected chi connectivity index (χ4v) is 3.63. The van der Waals surface area contributed by atoms with E-state index < -0.39 is 0 Å². The number of carbonyl (C=O) groups is 1. The average Bonchev–Trinajstić information content (AvgIpc) is 2.87. The molecule has 2 heterocycles. The summed E-state index contributed by atoms with van der Waals surface area (Å²) >= 11 is 1.36. The average molecular weight is 336 g/mol. The number of nitrogens with zero attached hydrogens (tertiary/aromatic N) is 2. The van der Waals surface area contributed by atoms with E-state index in [-0.39, 0.29) is 23.2 Å². The lowest BCUT2D eigenvalue weighted by atomic mass is 9.93. The van der Waals surface area contributed by atoms with E-state index >= 15 is 0 Å². The topological polar surface area (TPSA) is 42.4 Å². The number of thiazole rings is 1. The molecule has 1 aliphatic rings. The lowest BCUT2D eigenvalue weighted by Gasteiger charge is -2.35. The largest absolute Gasteiger partial charge is 0.467 e. The molecule has 1 saturated heterocycles. The Labute approximate surface area is 139 Å². The summed E-state index contributed by atoms with van der Waals surface area (Å²) in [7, 11) is 0. The standard InChI is InChI=1S/C17H21FN2O2S/c1-17(2,3)15(21)20-8-6-12(7-9-20)22-16-19-13-5-4-11(18)10-14(13)23-16/h4-5,10,12H,6-9H2,1-3H3. The molecule has 0 atom stereocenters. The number of amides is 1. The van der Waals surface area contributed by atoms with Gasteiger partial charge in [-0.25, -0.2) is 9.37 Å². The van der Waals surface area contributed by atoms with Gasteiger partial charge in [-0.3, -0.25) is 4.79 Å². The van der Waals surface area contributed by atoms with Crippen LogP contribution in [0.15, 0.2) is 18.2 Å². The Morgan fingerprint density at radius 2 is 2.04 bits per heavy atom. The first-order valence-electron chi connectivity index (χ1n) is 7.85. The summed E-state index contributed by atoms with van der Waals surface area (Å²) in [5.41, 5.74) is 0.414. The highest BCUT2D eigenvalue weighted by molar-refractivity contribution is 7.20. The molecular formula is C17H21FN2O2S. The van der Waals surface area contributed by atoms with Gasteiger partial charge in [0.1, 0.15) is 11.9 Å². The van der Waals surface area contributed by atoms with Crippen molar-refractivity contribution < 1.29 is 13.9 Å². The summed E-state index contributed by atoms with van der Waals surface area (Å²) in [4.78, 5) is 18.6. The molecule has 3 rings (SSSR count). The minimum atomic E-state index is -0.342. The highest BCUT2D eigenvalue weighted by atomic mass is 32.1. The Morgan fingerprint density at radius 1 is 1.35 bits per heavy atom. The summed E-state index contributed by atoms with van der Waals surface area (Å²) in [6.45, 7) is 7.25. The molecule has 1 amide bonds. The van der Waals surface area contributed by atoms with Crippen molar-refractivity contribution in [1.82, 2.24) is 9.88 Å². The van der Waals surface area contributed by atoms with Crippen molar-refractivity contribution in [2.45, 2.75) is 39.7 Å². The zero-order valence-corrected chi connectivity index (χ0v) is 14.5. The normalized spacial score (nSPS) is 16.8. The van der Waals surface area contributed by atoms with E-state index in [0.29, 0.717) is 18.3 Å². The second kappa shape index (κ2) is 6.07. The van der Waals surface area contributed by atoms with E-state index in [1.54, 1.807) is 6.07 Å². The zero-order valence-electron chi connectivity index (χ0n) is 13.6. The van der Waals surface area contributed by atoms with Gasteiger partial charge in [0.05, 0.1) is 10.2 Å². The van der Waals surface area contributed by atoms with E-state index in [1.165, 1.54) is 23.5 Å². The first-order valence-corrected chi connectivity index (χ1v) is 8.67. The Hall–Kier alpha value is -1.69. The number of aromatic nitrogens is 1. The van der Waals surface area contributed by atoms with E-state index in [1.807, 2.05) is 25.7 Å². The number of fused-ring (bicyclic) bond motifs is 1. The fraction of sp³-hybridized carbons (Fsp3) is 0.529. The molecule has 0 aliphatic carbocycles. The van der Waals surface area contributed by atoms with Gasteiger partial charge in [0, 0.05) is 31.3 Å². The minimum Gasteiger partial charge on any atom is -0.467 e. The van der Waals surface area contributed by atoms with Crippen LogP contribution in [-0.2, 0) is 4.79 Å². The van der Waals surface area contributed by atoms with Gasteiger partial charge in [-0.15, -0.1) is 0 Å². The molecule has 1 aromatic heterocycles. The van der Waals surface area contributed by atoms with Gasteiger partial charge in [0.2, 0.25) is 5.91 Å².